The number of hydrogen-bond acceptors (Lipinski definition) is 3. The molecule has 1 aromatic carbocycles. The number of carbonyl (C=O) groups excluding carboxylic acids is 1. The third kappa shape index (κ3) is 3.49. The van der Waals surface area contributed by atoms with Crippen molar-refractivity contribution < 1.29 is 4.79 Å². The summed E-state index contributed by atoms with van der Waals surface area (Å²) in [6, 6.07) is 8.43. The first-order chi connectivity index (χ1) is 13.8. The van der Waals surface area contributed by atoms with Crippen LogP contribution in [0.25, 0.3) is 10.9 Å². The van der Waals surface area contributed by atoms with Gasteiger partial charge in [-0.2, -0.15) is 11.3 Å². The molecule has 5 heteroatoms. The van der Waals surface area contributed by atoms with Crippen molar-refractivity contribution in [3.8, 4) is 0 Å². The average molecular weight is 394 g/mol. The van der Waals surface area contributed by atoms with Crippen LogP contribution in [0.5, 0.6) is 0 Å². The molecule has 1 fully saturated rings. The van der Waals surface area contributed by atoms with Crippen LogP contribution in [0.15, 0.2) is 35.0 Å². The third-order valence-electron chi connectivity index (χ3n) is 6.30. The lowest BCUT2D eigenvalue weighted by atomic mass is 9.95. The number of H-pyrrole nitrogens is 1. The topological polar surface area (TPSA) is 39.3 Å². The molecule has 1 N–H and O–H groups in total. The minimum Gasteiger partial charge on any atom is -0.358 e. The first kappa shape index (κ1) is 18.0. The molecule has 0 spiro atoms. The van der Waals surface area contributed by atoms with E-state index in [0.717, 1.165) is 57.5 Å². The molecule has 3 heterocycles. The van der Waals surface area contributed by atoms with Gasteiger partial charge in [0.15, 0.2) is 0 Å². The fraction of sp³-hybridized carbons (Fsp3) is 0.435. The molecule has 146 valence electrons. The van der Waals surface area contributed by atoms with E-state index < -0.39 is 0 Å². The Bertz CT molecular complexity index is 967. The number of aryl methyl sites for hydroxylation is 2. The number of rotatable bonds is 4. The molecule has 1 amide bonds. The predicted molar refractivity (Wildman–Crippen MR) is 115 cm³/mol. The van der Waals surface area contributed by atoms with Crippen LogP contribution in [0.2, 0.25) is 0 Å². The second-order valence-corrected chi connectivity index (χ2v) is 8.85. The second kappa shape index (κ2) is 7.72. The van der Waals surface area contributed by atoms with Gasteiger partial charge in [0, 0.05) is 54.9 Å². The van der Waals surface area contributed by atoms with Gasteiger partial charge in [-0.25, -0.2) is 0 Å². The quantitative estimate of drug-likeness (QED) is 0.725. The van der Waals surface area contributed by atoms with E-state index in [9.17, 15) is 4.79 Å². The van der Waals surface area contributed by atoms with Crippen LogP contribution >= 0.6 is 11.3 Å². The molecule has 2 aliphatic rings. The number of thiophene rings is 1. The van der Waals surface area contributed by atoms with Crippen LogP contribution < -0.4 is 0 Å². The molecule has 4 nitrogen and oxygen atoms in total. The third-order valence-corrected chi connectivity index (χ3v) is 7.03. The lowest BCUT2D eigenvalue weighted by Crippen LogP contribution is -2.49. The Hall–Kier alpha value is -2.11. The van der Waals surface area contributed by atoms with Gasteiger partial charge in [0.25, 0.3) is 5.91 Å². The normalized spacial score (nSPS) is 17.8. The lowest BCUT2D eigenvalue weighted by Gasteiger charge is -2.34. The monoisotopic (exact) mass is 393 g/mol. The maximum atomic E-state index is 13.1. The molecule has 1 saturated heterocycles. The number of benzene rings is 1. The Morgan fingerprint density at radius 3 is 2.75 bits per heavy atom. The summed E-state index contributed by atoms with van der Waals surface area (Å²) in [6.07, 6.45) is 5.90. The van der Waals surface area contributed by atoms with E-state index in [0.29, 0.717) is 0 Å². The van der Waals surface area contributed by atoms with Crippen molar-refractivity contribution in [1.29, 1.82) is 0 Å². The molecule has 28 heavy (non-hydrogen) atoms. The standard InChI is InChI=1S/C23H27N3OS/c27-23(26-12-10-25(11-13-26)9-7-17-8-14-28-16-17)18-5-6-22-20(15-18)19-3-1-2-4-21(19)24-22/h5-6,8,14-16,24H,1-4,7,9-13H2. The van der Waals surface area contributed by atoms with Gasteiger partial charge in [-0.05, 0) is 78.3 Å². The summed E-state index contributed by atoms with van der Waals surface area (Å²) in [4.78, 5) is 21.2. The molecule has 0 radical (unpaired) electrons. The molecule has 0 bridgehead atoms. The largest absolute Gasteiger partial charge is 0.358 e. The van der Waals surface area contributed by atoms with E-state index in [1.165, 1.54) is 40.6 Å². The Morgan fingerprint density at radius 1 is 1.07 bits per heavy atom. The van der Waals surface area contributed by atoms with Crippen LogP contribution in [0, 0.1) is 0 Å². The maximum absolute atomic E-state index is 13.1. The van der Waals surface area contributed by atoms with E-state index >= 15 is 0 Å². The number of carbonyl (C=O) groups is 1. The molecule has 5 rings (SSSR count). The van der Waals surface area contributed by atoms with E-state index in [4.69, 9.17) is 0 Å². The minimum atomic E-state index is 0.185. The van der Waals surface area contributed by atoms with Gasteiger partial charge in [-0.3, -0.25) is 9.69 Å². The Labute approximate surface area is 170 Å². The zero-order valence-corrected chi connectivity index (χ0v) is 17.1. The smallest absolute Gasteiger partial charge is 0.253 e. The van der Waals surface area contributed by atoms with E-state index in [2.05, 4.69) is 38.8 Å². The number of nitrogens with zero attached hydrogens (tertiary/aromatic N) is 2. The van der Waals surface area contributed by atoms with Gasteiger partial charge in [0.1, 0.15) is 0 Å². The highest BCUT2D eigenvalue weighted by molar-refractivity contribution is 7.07. The first-order valence-electron chi connectivity index (χ1n) is 10.4. The van der Waals surface area contributed by atoms with Crippen molar-refractivity contribution in [3.05, 3.63) is 57.4 Å². The zero-order valence-electron chi connectivity index (χ0n) is 16.2. The van der Waals surface area contributed by atoms with Gasteiger partial charge in [-0.1, -0.05) is 0 Å². The highest BCUT2D eigenvalue weighted by atomic mass is 32.1. The summed E-state index contributed by atoms with van der Waals surface area (Å²) in [5.41, 5.74) is 6.26. The number of aromatic amines is 1. The molecule has 1 aliphatic heterocycles. The van der Waals surface area contributed by atoms with E-state index in [1.807, 2.05) is 11.0 Å². The lowest BCUT2D eigenvalue weighted by molar-refractivity contribution is 0.0638. The number of fused-ring (bicyclic) bond motifs is 3. The van der Waals surface area contributed by atoms with Crippen LogP contribution in [-0.2, 0) is 19.3 Å². The first-order valence-corrected chi connectivity index (χ1v) is 11.4. The highest BCUT2D eigenvalue weighted by Gasteiger charge is 2.23. The molecular weight excluding hydrogens is 366 g/mol. The van der Waals surface area contributed by atoms with Crippen molar-refractivity contribution in [2.45, 2.75) is 32.1 Å². The van der Waals surface area contributed by atoms with Gasteiger partial charge < -0.3 is 9.88 Å². The number of hydrogen-bond donors (Lipinski definition) is 1. The van der Waals surface area contributed by atoms with E-state index in [-0.39, 0.29) is 5.91 Å². The minimum absolute atomic E-state index is 0.185. The summed E-state index contributed by atoms with van der Waals surface area (Å²) in [6.45, 7) is 4.67. The van der Waals surface area contributed by atoms with Crippen LogP contribution in [0.3, 0.4) is 0 Å². The van der Waals surface area contributed by atoms with Crippen molar-refractivity contribution in [2.75, 3.05) is 32.7 Å². The molecule has 1 aliphatic carbocycles. The highest BCUT2D eigenvalue weighted by Crippen LogP contribution is 2.30. The Kier molecular flexibility index (Phi) is 4.95. The van der Waals surface area contributed by atoms with Gasteiger partial charge in [0.05, 0.1) is 0 Å². The summed E-state index contributed by atoms with van der Waals surface area (Å²) < 4.78 is 0. The summed E-state index contributed by atoms with van der Waals surface area (Å²) in [5.74, 6) is 0.185. The average Bonchev–Trinajstić information content (AvgIpc) is 3.39. The molecule has 2 aromatic heterocycles. The Balaban J connectivity index is 1.24. The van der Waals surface area contributed by atoms with Crippen molar-refractivity contribution in [2.24, 2.45) is 0 Å². The number of aromatic nitrogens is 1. The number of amides is 1. The SMILES string of the molecule is O=C(c1ccc2[nH]c3c(c2c1)CCCC3)N1CCN(CCc2ccsc2)CC1. The fourth-order valence-electron chi connectivity index (χ4n) is 4.62. The molecule has 0 unspecified atom stereocenters. The zero-order chi connectivity index (χ0) is 18.9. The van der Waals surface area contributed by atoms with Crippen molar-refractivity contribution >= 4 is 28.1 Å². The number of piperazine rings is 1. The van der Waals surface area contributed by atoms with Gasteiger partial charge in [-0.15, -0.1) is 0 Å². The summed E-state index contributed by atoms with van der Waals surface area (Å²) >= 11 is 1.76. The molecule has 0 saturated carbocycles. The predicted octanol–water partition coefficient (Wildman–Crippen LogP) is 4.11. The van der Waals surface area contributed by atoms with Crippen LogP contribution in [0.1, 0.15) is 40.0 Å². The van der Waals surface area contributed by atoms with Crippen molar-refractivity contribution in [1.82, 2.24) is 14.8 Å². The molecule has 0 atom stereocenters. The van der Waals surface area contributed by atoms with E-state index in [1.54, 1.807) is 11.3 Å². The second-order valence-electron chi connectivity index (χ2n) is 8.07. The van der Waals surface area contributed by atoms with Crippen molar-refractivity contribution in [3.63, 3.8) is 0 Å². The van der Waals surface area contributed by atoms with Crippen LogP contribution in [-0.4, -0.2) is 53.4 Å². The maximum Gasteiger partial charge on any atom is 0.253 e. The van der Waals surface area contributed by atoms with Crippen LogP contribution in [0.4, 0.5) is 0 Å². The summed E-state index contributed by atoms with van der Waals surface area (Å²) in [5, 5.41) is 5.63. The number of nitrogens with one attached hydrogen (secondary N) is 1. The fourth-order valence-corrected chi connectivity index (χ4v) is 5.32. The molecular formula is C23H27N3OS. The van der Waals surface area contributed by atoms with Gasteiger partial charge >= 0.3 is 0 Å². The summed E-state index contributed by atoms with van der Waals surface area (Å²) in [7, 11) is 0. The molecule has 3 aromatic rings. The van der Waals surface area contributed by atoms with Gasteiger partial charge in [0.2, 0.25) is 0 Å². The Morgan fingerprint density at radius 2 is 1.93 bits per heavy atom.